The SMILES string of the molecule is N#Cc1ccc2c(c1)C=CC(C(F)(F)F)O2. The van der Waals surface area contributed by atoms with E-state index in [0.29, 0.717) is 11.1 Å². The van der Waals surface area contributed by atoms with Gasteiger partial charge in [-0.3, -0.25) is 0 Å². The minimum absolute atomic E-state index is 0.142. The highest BCUT2D eigenvalue weighted by atomic mass is 19.4. The Morgan fingerprint density at radius 1 is 1.31 bits per heavy atom. The molecule has 1 atom stereocenters. The number of benzene rings is 1. The van der Waals surface area contributed by atoms with E-state index < -0.39 is 12.3 Å². The van der Waals surface area contributed by atoms with Gasteiger partial charge in [-0.25, -0.2) is 0 Å². The first kappa shape index (κ1) is 10.6. The number of hydrogen-bond donors (Lipinski definition) is 0. The molecule has 0 N–H and O–H groups in total. The summed E-state index contributed by atoms with van der Waals surface area (Å²) < 4.78 is 41.8. The van der Waals surface area contributed by atoms with Crippen LogP contribution in [0.15, 0.2) is 24.3 Å². The number of nitrogens with zero attached hydrogens (tertiary/aromatic N) is 1. The van der Waals surface area contributed by atoms with E-state index in [1.54, 1.807) is 0 Å². The van der Waals surface area contributed by atoms with Crippen molar-refractivity contribution in [3.8, 4) is 11.8 Å². The zero-order chi connectivity index (χ0) is 11.8. The quantitative estimate of drug-likeness (QED) is 0.680. The number of hydrogen-bond acceptors (Lipinski definition) is 2. The third-order valence-electron chi connectivity index (χ3n) is 2.17. The van der Waals surface area contributed by atoms with Crippen molar-refractivity contribution in [1.82, 2.24) is 0 Å². The second kappa shape index (κ2) is 3.56. The highest BCUT2D eigenvalue weighted by Gasteiger charge is 2.41. The van der Waals surface area contributed by atoms with Crippen molar-refractivity contribution in [2.75, 3.05) is 0 Å². The van der Waals surface area contributed by atoms with E-state index >= 15 is 0 Å². The van der Waals surface area contributed by atoms with Crippen LogP contribution < -0.4 is 4.74 Å². The van der Waals surface area contributed by atoms with Crippen molar-refractivity contribution in [2.24, 2.45) is 0 Å². The molecule has 0 saturated carbocycles. The lowest BCUT2D eigenvalue weighted by atomic mass is 10.1. The molecule has 1 heterocycles. The zero-order valence-corrected chi connectivity index (χ0v) is 7.95. The zero-order valence-electron chi connectivity index (χ0n) is 7.95. The second-order valence-corrected chi connectivity index (χ2v) is 3.30. The standard InChI is InChI=1S/C11H6F3NO/c12-11(13,14)10-4-2-8-5-7(6-15)1-3-9(8)16-10/h1-5,10H. The molecule has 0 fully saturated rings. The molecule has 1 aliphatic heterocycles. The van der Waals surface area contributed by atoms with E-state index in [0.717, 1.165) is 6.08 Å². The number of rotatable bonds is 0. The van der Waals surface area contributed by atoms with Crippen LogP contribution in [-0.4, -0.2) is 12.3 Å². The molecule has 16 heavy (non-hydrogen) atoms. The maximum atomic E-state index is 12.4. The summed E-state index contributed by atoms with van der Waals surface area (Å²) in [5, 5.41) is 8.63. The van der Waals surface area contributed by atoms with Crippen LogP contribution >= 0.6 is 0 Å². The van der Waals surface area contributed by atoms with Gasteiger partial charge >= 0.3 is 6.18 Å². The topological polar surface area (TPSA) is 33.0 Å². The fourth-order valence-electron chi connectivity index (χ4n) is 1.40. The number of nitriles is 1. The van der Waals surface area contributed by atoms with Crippen LogP contribution in [0.1, 0.15) is 11.1 Å². The Bertz CT molecular complexity index is 485. The Hall–Kier alpha value is -1.96. The van der Waals surface area contributed by atoms with E-state index in [1.165, 1.54) is 24.3 Å². The van der Waals surface area contributed by atoms with Crippen LogP contribution in [0.5, 0.6) is 5.75 Å². The molecule has 0 amide bonds. The Morgan fingerprint density at radius 3 is 2.69 bits per heavy atom. The Labute approximate surface area is 89.6 Å². The molecule has 1 unspecified atom stereocenters. The van der Waals surface area contributed by atoms with Crippen molar-refractivity contribution < 1.29 is 17.9 Å². The summed E-state index contributed by atoms with van der Waals surface area (Å²) in [5.41, 5.74) is 0.872. The average Bonchev–Trinajstić information content (AvgIpc) is 2.26. The normalized spacial score (nSPS) is 18.5. The van der Waals surface area contributed by atoms with Gasteiger partial charge in [-0.1, -0.05) is 6.08 Å². The van der Waals surface area contributed by atoms with E-state index in [9.17, 15) is 13.2 Å². The van der Waals surface area contributed by atoms with Gasteiger partial charge < -0.3 is 4.74 Å². The van der Waals surface area contributed by atoms with Crippen LogP contribution in [0.4, 0.5) is 13.2 Å². The van der Waals surface area contributed by atoms with E-state index in [4.69, 9.17) is 10.00 Å². The predicted molar refractivity (Wildman–Crippen MR) is 50.7 cm³/mol. The minimum Gasteiger partial charge on any atom is -0.476 e. The smallest absolute Gasteiger partial charge is 0.429 e. The highest BCUT2D eigenvalue weighted by Crippen LogP contribution is 2.33. The Morgan fingerprint density at radius 2 is 2.06 bits per heavy atom. The summed E-state index contributed by atoms with van der Waals surface area (Å²) in [7, 11) is 0. The van der Waals surface area contributed by atoms with Crippen LogP contribution in [0.2, 0.25) is 0 Å². The molecule has 0 aromatic heterocycles. The Balaban J connectivity index is 2.34. The van der Waals surface area contributed by atoms with E-state index in [2.05, 4.69) is 0 Å². The second-order valence-electron chi connectivity index (χ2n) is 3.30. The average molecular weight is 225 g/mol. The van der Waals surface area contributed by atoms with Crippen molar-refractivity contribution in [3.63, 3.8) is 0 Å². The molecule has 0 saturated heterocycles. The maximum absolute atomic E-state index is 12.4. The number of alkyl halides is 3. The third kappa shape index (κ3) is 1.87. The van der Waals surface area contributed by atoms with Crippen molar-refractivity contribution >= 4 is 6.08 Å². The molecule has 2 nitrogen and oxygen atoms in total. The molecular formula is C11H6F3NO. The van der Waals surface area contributed by atoms with Crippen molar-refractivity contribution in [2.45, 2.75) is 12.3 Å². The third-order valence-corrected chi connectivity index (χ3v) is 2.17. The summed E-state index contributed by atoms with van der Waals surface area (Å²) in [6.45, 7) is 0. The van der Waals surface area contributed by atoms with Gasteiger partial charge in [-0.05, 0) is 24.3 Å². The van der Waals surface area contributed by atoms with Crippen LogP contribution in [0.3, 0.4) is 0 Å². The van der Waals surface area contributed by atoms with Crippen LogP contribution in [0.25, 0.3) is 6.08 Å². The molecule has 1 aromatic carbocycles. The first-order valence-corrected chi connectivity index (χ1v) is 4.46. The highest BCUT2D eigenvalue weighted by molar-refractivity contribution is 5.62. The van der Waals surface area contributed by atoms with Crippen LogP contribution in [-0.2, 0) is 0 Å². The number of fused-ring (bicyclic) bond motifs is 1. The largest absolute Gasteiger partial charge is 0.476 e. The fraction of sp³-hybridized carbons (Fsp3) is 0.182. The molecule has 5 heteroatoms. The molecule has 0 radical (unpaired) electrons. The predicted octanol–water partition coefficient (Wildman–Crippen LogP) is 2.89. The fourth-order valence-corrected chi connectivity index (χ4v) is 1.40. The van der Waals surface area contributed by atoms with Gasteiger partial charge in [0.05, 0.1) is 11.6 Å². The lowest BCUT2D eigenvalue weighted by Gasteiger charge is -2.23. The molecule has 2 rings (SSSR count). The number of halogens is 3. The summed E-state index contributed by atoms with van der Waals surface area (Å²) >= 11 is 0. The van der Waals surface area contributed by atoms with E-state index in [-0.39, 0.29) is 5.75 Å². The van der Waals surface area contributed by atoms with Crippen molar-refractivity contribution in [1.29, 1.82) is 5.26 Å². The summed E-state index contributed by atoms with van der Waals surface area (Å²) in [4.78, 5) is 0. The maximum Gasteiger partial charge on any atom is 0.429 e. The lowest BCUT2D eigenvalue weighted by Crippen LogP contribution is -2.33. The summed E-state index contributed by atoms with van der Waals surface area (Å²) in [6, 6.07) is 6.18. The number of ether oxygens (including phenoxy) is 1. The van der Waals surface area contributed by atoms with E-state index in [1.807, 2.05) is 6.07 Å². The molecule has 1 aliphatic rings. The lowest BCUT2D eigenvalue weighted by molar-refractivity contribution is -0.180. The van der Waals surface area contributed by atoms with Gasteiger partial charge in [0.2, 0.25) is 6.10 Å². The first-order valence-electron chi connectivity index (χ1n) is 4.46. The molecule has 1 aromatic rings. The molecular weight excluding hydrogens is 219 g/mol. The van der Waals surface area contributed by atoms with Gasteiger partial charge in [-0.15, -0.1) is 0 Å². The summed E-state index contributed by atoms with van der Waals surface area (Å²) in [6.07, 6.45) is -4.07. The molecule has 0 bridgehead atoms. The molecule has 0 aliphatic carbocycles. The minimum atomic E-state index is -4.41. The molecule has 0 spiro atoms. The van der Waals surface area contributed by atoms with Gasteiger partial charge in [0.1, 0.15) is 5.75 Å². The van der Waals surface area contributed by atoms with Gasteiger partial charge in [0, 0.05) is 5.56 Å². The van der Waals surface area contributed by atoms with Gasteiger partial charge in [0.25, 0.3) is 0 Å². The van der Waals surface area contributed by atoms with Crippen molar-refractivity contribution in [3.05, 3.63) is 35.4 Å². The summed E-state index contributed by atoms with van der Waals surface area (Å²) in [5.74, 6) is 0.142. The van der Waals surface area contributed by atoms with Crippen LogP contribution in [0, 0.1) is 11.3 Å². The Kier molecular flexibility index (Phi) is 2.35. The van der Waals surface area contributed by atoms with Gasteiger partial charge in [0.15, 0.2) is 0 Å². The monoisotopic (exact) mass is 225 g/mol. The first-order chi connectivity index (χ1) is 7.50. The van der Waals surface area contributed by atoms with Gasteiger partial charge in [-0.2, -0.15) is 18.4 Å². The molecule has 82 valence electrons.